The summed E-state index contributed by atoms with van der Waals surface area (Å²) in [4.78, 5) is 69.0. The molecule has 1 heterocycles. The average Bonchev–Trinajstić information content (AvgIpc) is 3.34. The molecule has 4 atom stereocenters. The predicted molar refractivity (Wildman–Crippen MR) is 159 cm³/mol. The fraction of sp³-hybridized carbons (Fsp3) is 0.462. The lowest BCUT2D eigenvalue weighted by Crippen LogP contribution is -2.57. The van der Waals surface area contributed by atoms with Crippen molar-refractivity contribution < 1.29 is 34.2 Å². The number of nitrogens with two attached hydrogens (primary N) is 3. The number of amides is 3. The second-order valence-corrected chi connectivity index (χ2v) is 10.5. The number of rotatable bonds is 18. The Morgan fingerprint density at radius 1 is 0.952 bits per heavy atom. The number of fused-ring (bicyclic) bond motifs is 1. The van der Waals surface area contributed by atoms with Gasteiger partial charge in [-0.05, 0) is 42.9 Å². The van der Waals surface area contributed by atoms with Crippen molar-refractivity contribution in [3.05, 3.63) is 36.0 Å². The molecule has 15 nitrogen and oxygen atoms in total. The van der Waals surface area contributed by atoms with Gasteiger partial charge in [-0.25, -0.2) is 4.79 Å². The predicted octanol–water partition coefficient (Wildman–Crippen LogP) is -1.14. The van der Waals surface area contributed by atoms with Crippen LogP contribution in [-0.4, -0.2) is 93.5 Å². The summed E-state index contributed by atoms with van der Waals surface area (Å²) in [5.74, 6) is -4.76. The number of benzene rings is 1. The van der Waals surface area contributed by atoms with Crippen molar-refractivity contribution in [1.29, 1.82) is 0 Å². The van der Waals surface area contributed by atoms with E-state index in [1.807, 2.05) is 24.3 Å². The Morgan fingerprint density at radius 3 is 2.24 bits per heavy atom. The third kappa shape index (κ3) is 10.9. The maximum atomic E-state index is 13.6. The Bertz CT molecular complexity index is 1280. The molecular weight excluding hydrogens is 568 g/mol. The number of carbonyl (C=O) groups excluding carboxylic acids is 3. The van der Waals surface area contributed by atoms with E-state index in [2.05, 4.69) is 25.9 Å². The van der Waals surface area contributed by atoms with Crippen LogP contribution in [-0.2, 0) is 30.4 Å². The zero-order valence-electron chi connectivity index (χ0n) is 23.2. The van der Waals surface area contributed by atoms with Crippen molar-refractivity contribution in [1.82, 2.24) is 20.9 Å². The zero-order chi connectivity index (χ0) is 31.2. The number of hydrogen-bond donors (Lipinski definition) is 9. The lowest BCUT2D eigenvalue weighted by atomic mass is 10.0. The fourth-order valence-electron chi connectivity index (χ4n) is 4.08. The summed E-state index contributed by atoms with van der Waals surface area (Å²) in [5, 5.41) is 26.6. The largest absolute Gasteiger partial charge is 0.481 e. The zero-order valence-corrected chi connectivity index (χ0v) is 24.0. The molecule has 1 aromatic carbocycles. The van der Waals surface area contributed by atoms with E-state index in [4.69, 9.17) is 22.3 Å². The third-order valence-corrected chi connectivity index (χ3v) is 6.92. The smallest absolute Gasteiger partial charge is 0.326 e. The van der Waals surface area contributed by atoms with E-state index in [0.717, 1.165) is 16.5 Å². The highest BCUT2D eigenvalue weighted by Crippen LogP contribution is 2.19. The number of nitrogens with one attached hydrogen (secondary N) is 4. The van der Waals surface area contributed by atoms with Gasteiger partial charge in [-0.2, -0.15) is 11.8 Å². The van der Waals surface area contributed by atoms with Gasteiger partial charge in [0.15, 0.2) is 5.96 Å². The molecule has 0 fully saturated rings. The van der Waals surface area contributed by atoms with E-state index in [9.17, 15) is 29.1 Å². The van der Waals surface area contributed by atoms with Gasteiger partial charge >= 0.3 is 11.9 Å². The van der Waals surface area contributed by atoms with Gasteiger partial charge in [-0.3, -0.25) is 24.2 Å². The molecule has 1 aromatic heterocycles. The number of aromatic amines is 1. The molecule has 0 aliphatic rings. The molecule has 0 saturated carbocycles. The number of nitrogens with zero attached hydrogens (tertiary/aromatic N) is 1. The van der Waals surface area contributed by atoms with Crippen LogP contribution in [0.3, 0.4) is 0 Å². The van der Waals surface area contributed by atoms with Gasteiger partial charge < -0.3 is 48.3 Å². The Hall–Kier alpha value is -4.31. The monoisotopic (exact) mass is 606 g/mol. The number of carbonyl (C=O) groups is 5. The van der Waals surface area contributed by atoms with Gasteiger partial charge in [0.1, 0.15) is 18.1 Å². The van der Waals surface area contributed by atoms with Crippen molar-refractivity contribution in [2.45, 2.75) is 56.3 Å². The first-order valence-electron chi connectivity index (χ1n) is 13.1. The normalized spacial score (nSPS) is 13.8. The summed E-state index contributed by atoms with van der Waals surface area (Å²) in [5.41, 5.74) is 18.2. The molecule has 16 heteroatoms. The minimum atomic E-state index is -1.69. The van der Waals surface area contributed by atoms with E-state index in [1.54, 1.807) is 12.5 Å². The maximum absolute atomic E-state index is 13.6. The highest BCUT2D eigenvalue weighted by Gasteiger charge is 2.31. The number of aliphatic imine (C=N–C) groups is 1. The second kappa shape index (κ2) is 16.8. The van der Waals surface area contributed by atoms with E-state index in [0.29, 0.717) is 12.2 Å². The second-order valence-electron chi connectivity index (χ2n) is 9.52. The maximum Gasteiger partial charge on any atom is 0.326 e. The van der Waals surface area contributed by atoms with Crippen LogP contribution in [0.2, 0.25) is 0 Å². The van der Waals surface area contributed by atoms with E-state index < -0.39 is 60.2 Å². The van der Waals surface area contributed by atoms with E-state index in [1.165, 1.54) is 11.8 Å². The van der Waals surface area contributed by atoms with Gasteiger partial charge in [-0.15, -0.1) is 0 Å². The number of H-pyrrole nitrogens is 1. The molecule has 230 valence electrons. The standard InChI is InChI=1S/C26H38N8O7S/c1-42-10-8-18(23(38)34-20(25(40)41)12-21(35)36)32-24(39)19(11-14-13-31-17-7-3-2-5-15(14)17)33-22(37)16(27)6-4-9-30-26(28)29/h2-3,5,7,13,16,18-20,31H,4,6,8-12,27H2,1H3,(H,32,39)(H,33,37)(H,34,38)(H,35,36)(H,40,41)(H4,28,29,30). The van der Waals surface area contributed by atoms with Crippen LogP contribution in [0, 0.1) is 0 Å². The highest BCUT2D eigenvalue weighted by molar-refractivity contribution is 7.98. The average molecular weight is 607 g/mol. The summed E-state index contributed by atoms with van der Waals surface area (Å²) in [6.07, 6.45) is 3.49. The minimum absolute atomic E-state index is 0.0515. The Labute approximate surface area is 246 Å². The fourth-order valence-corrected chi connectivity index (χ4v) is 4.55. The van der Waals surface area contributed by atoms with Crippen LogP contribution < -0.4 is 33.2 Å². The number of hydrogen-bond acceptors (Lipinski definition) is 8. The molecule has 4 unspecified atom stereocenters. The number of carboxylic acids is 2. The molecule has 2 aromatic rings. The number of carboxylic acid groups (broad SMARTS) is 2. The molecule has 0 spiro atoms. The molecule has 0 aliphatic heterocycles. The van der Waals surface area contributed by atoms with Crippen LogP contribution in [0.25, 0.3) is 10.9 Å². The number of thioether (sulfide) groups is 1. The van der Waals surface area contributed by atoms with Crippen LogP contribution in [0.4, 0.5) is 0 Å². The Morgan fingerprint density at radius 2 is 1.60 bits per heavy atom. The van der Waals surface area contributed by atoms with Crippen molar-refractivity contribution in [2.75, 3.05) is 18.6 Å². The third-order valence-electron chi connectivity index (χ3n) is 6.27. The molecule has 0 saturated heterocycles. The van der Waals surface area contributed by atoms with Gasteiger partial charge in [0.05, 0.1) is 12.5 Å². The van der Waals surface area contributed by atoms with Crippen LogP contribution in [0.15, 0.2) is 35.5 Å². The first-order valence-corrected chi connectivity index (χ1v) is 14.5. The molecule has 12 N–H and O–H groups in total. The summed E-state index contributed by atoms with van der Waals surface area (Å²) in [7, 11) is 0. The molecule has 3 amide bonds. The summed E-state index contributed by atoms with van der Waals surface area (Å²) >= 11 is 1.39. The molecule has 0 bridgehead atoms. The number of guanidine groups is 1. The van der Waals surface area contributed by atoms with Gasteiger partial charge in [0, 0.05) is 30.1 Å². The summed E-state index contributed by atoms with van der Waals surface area (Å²) in [6.45, 7) is 0.272. The first-order chi connectivity index (χ1) is 19.9. The van der Waals surface area contributed by atoms with Gasteiger partial charge in [-0.1, -0.05) is 18.2 Å². The minimum Gasteiger partial charge on any atom is -0.481 e. The SMILES string of the molecule is CSCCC(NC(=O)C(Cc1c[nH]c2ccccc12)NC(=O)C(N)CCCN=C(N)N)C(=O)NC(CC(=O)O)C(=O)O. The van der Waals surface area contributed by atoms with Gasteiger partial charge in [0.25, 0.3) is 0 Å². The Balaban J connectivity index is 2.26. The Kier molecular flexibility index (Phi) is 13.6. The van der Waals surface area contributed by atoms with Crippen molar-refractivity contribution in [3.63, 3.8) is 0 Å². The van der Waals surface area contributed by atoms with Crippen molar-refractivity contribution in [3.8, 4) is 0 Å². The number of para-hydroxylation sites is 1. The lowest BCUT2D eigenvalue weighted by molar-refractivity contribution is -0.147. The topological polar surface area (TPSA) is 268 Å². The van der Waals surface area contributed by atoms with Gasteiger partial charge in [0.2, 0.25) is 17.7 Å². The van der Waals surface area contributed by atoms with E-state index in [-0.39, 0.29) is 31.8 Å². The first kappa shape index (κ1) is 33.9. The van der Waals surface area contributed by atoms with Crippen LogP contribution in [0.5, 0.6) is 0 Å². The van der Waals surface area contributed by atoms with Crippen LogP contribution in [0.1, 0.15) is 31.2 Å². The lowest BCUT2D eigenvalue weighted by Gasteiger charge is -2.25. The molecule has 42 heavy (non-hydrogen) atoms. The highest BCUT2D eigenvalue weighted by atomic mass is 32.2. The van der Waals surface area contributed by atoms with Crippen LogP contribution >= 0.6 is 11.8 Å². The van der Waals surface area contributed by atoms with Crippen molar-refractivity contribution >= 4 is 58.3 Å². The molecule has 0 radical (unpaired) electrons. The summed E-state index contributed by atoms with van der Waals surface area (Å²) < 4.78 is 0. The van der Waals surface area contributed by atoms with E-state index >= 15 is 0 Å². The van der Waals surface area contributed by atoms with Crippen molar-refractivity contribution in [2.24, 2.45) is 22.2 Å². The molecule has 0 aliphatic carbocycles. The number of aliphatic carboxylic acids is 2. The molecule has 2 rings (SSSR count). The number of aromatic nitrogens is 1. The molecular formula is C26H38N8O7S. The quantitative estimate of drug-likeness (QED) is 0.0556. The summed E-state index contributed by atoms with van der Waals surface area (Å²) in [6, 6.07) is 2.38.